The number of aromatic nitrogens is 2. The van der Waals surface area contributed by atoms with Crippen molar-refractivity contribution in [2.24, 2.45) is 11.5 Å². The number of carboxylic acid groups (broad SMARTS) is 2. The minimum absolute atomic E-state index is 0.141. The molecule has 1 aromatic heterocycles. The maximum absolute atomic E-state index is 12.7. The van der Waals surface area contributed by atoms with Gasteiger partial charge < -0.3 is 47.7 Å². The highest BCUT2D eigenvalue weighted by atomic mass is 16.4. The molecular formula is C20H33N7O8. The number of nitrogens with two attached hydrogens (primary N) is 2. The molecule has 1 heterocycles. The van der Waals surface area contributed by atoms with Crippen molar-refractivity contribution in [1.29, 1.82) is 0 Å². The van der Waals surface area contributed by atoms with Crippen molar-refractivity contribution in [3.63, 3.8) is 0 Å². The van der Waals surface area contributed by atoms with Crippen LogP contribution in [-0.4, -0.2) is 92.3 Å². The van der Waals surface area contributed by atoms with Gasteiger partial charge in [-0.25, -0.2) is 9.78 Å². The van der Waals surface area contributed by atoms with Crippen molar-refractivity contribution in [2.45, 2.75) is 62.7 Å². The second-order valence-corrected chi connectivity index (χ2v) is 7.81. The number of aliphatic carboxylic acids is 2. The third-order valence-electron chi connectivity index (χ3n) is 4.99. The fourth-order valence-corrected chi connectivity index (χ4v) is 3.01. The van der Waals surface area contributed by atoms with Gasteiger partial charge in [-0.3, -0.25) is 19.2 Å². The number of carbonyl (C=O) groups is 5. The van der Waals surface area contributed by atoms with E-state index in [-0.39, 0.29) is 12.8 Å². The van der Waals surface area contributed by atoms with Crippen LogP contribution in [-0.2, 0) is 30.4 Å². The Morgan fingerprint density at radius 3 is 2.11 bits per heavy atom. The summed E-state index contributed by atoms with van der Waals surface area (Å²) in [4.78, 5) is 66.6. The Morgan fingerprint density at radius 2 is 1.57 bits per heavy atom. The smallest absolute Gasteiger partial charge is 0.326 e. The van der Waals surface area contributed by atoms with E-state index in [0.29, 0.717) is 31.5 Å². The van der Waals surface area contributed by atoms with Crippen molar-refractivity contribution in [3.05, 3.63) is 18.2 Å². The highest BCUT2D eigenvalue weighted by Gasteiger charge is 2.30. The Bertz CT molecular complexity index is 849. The molecule has 11 N–H and O–H groups in total. The van der Waals surface area contributed by atoms with Crippen LogP contribution in [0.3, 0.4) is 0 Å². The summed E-state index contributed by atoms with van der Waals surface area (Å²) >= 11 is 0. The number of amides is 3. The molecule has 1 aromatic rings. The molecule has 35 heavy (non-hydrogen) atoms. The number of aliphatic hydroxyl groups excluding tert-OH is 1. The van der Waals surface area contributed by atoms with Crippen molar-refractivity contribution >= 4 is 29.7 Å². The zero-order valence-corrected chi connectivity index (χ0v) is 19.1. The number of hydrogen-bond donors (Lipinski definition) is 9. The number of carbonyl (C=O) groups excluding carboxylic acids is 3. The summed E-state index contributed by atoms with van der Waals surface area (Å²) in [6, 6.07) is -5.27. The van der Waals surface area contributed by atoms with Crippen LogP contribution in [0.4, 0.5) is 0 Å². The second kappa shape index (κ2) is 15.4. The number of unbranched alkanes of at least 4 members (excludes halogenated alkanes) is 1. The van der Waals surface area contributed by atoms with Crippen LogP contribution < -0.4 is 27.4 Å². The summed E-state index contributed by atoms with van der Waals surface area (Å²) in [5.74, 6) is -5.23. The summed E-state index contributed by atoms with van der Waals surface area (Å²) in [7, 11) is 0. The summed E-state index contributed by atoms with van der Waals surface area (Å²) in [6.45, 7) is -0.391. The van der Waals surface area contributed by atoms with Crippen molar-refractivity contribution in [1.82, 2.24) is 25.9 Å². The molecule has 15 nitrogen and oxygen atoms in total. The Balaban J connectivity index is 2.85. The van der Waals surface area contributed by atoms with Crippen molar-refractivity contribution < 1.29 is 39.3 Å². The monoisotopic (exact) mass is 499 g/mol. The lowest BCUT2D eigenvalue weighted by atomic mass is 10.1. The fourth-order valence-electron chi connectivity index (χ4n) is 3.01. The van der Waals surface area contributed by atoms with E-state index in [2.05, 4.69) is 25.9 Å². The molecule has 0 bridgehead atoms. The average Bonchev–Trinajstić information content (AvgIpc) is 3.32. The molecule has 0 aliphatic heterocycles. The van der Waals surface area contributed by atoms with Gasteiger partial charge in [0.1, 0.15) is 18.1 Å². The van der Waals surface area contributed by atoms with Gasteiger partial charge in [-0.05, 0) is 25.8 Å². The maximum atomic E-state index is 12.7. The van der Waals surface area contributed by atoms with Crippen LogP contribution in [0.5, 0.6) is 0 Å². The van der Waals surface area contributed by atoms with E-state index in [4.69, 9.17) is 16.6 Å². The first-order valence-corrected chi connectivity index (χ1v) is 11.0. The highest BCUT2D eigenvalue weighted by molar-refractivity contribution is 5.94. The summed E-state index contributed by atoms with van der Waals surface area (Å²) in [5.41, 5.74) is 11.6. The fraction of sp³-hybridized carbons (Fsp3) is 0.600. The molecule has 0 aromatic carbocycles. The van der Waals surface area contributed by atoms with Gasteiger partial charge in [0, 0.05) is 24.7 Å². The van der Waals surface area contributed by atoms with E-state index in [1.165, 1.54) is 12.5 Å². The van der Waals surface area contributed by atoms with Gasteiger partial charge in [0.25, 0.3) is 0 Å². The first kappa shape index (κ1) is 29.5. The second-order valence-electron chi connectivity index (χ2n) is 7.81. The molecule has 1 rings (SSSR count). The van der Waals surface area contributed by atoms with Gasteiger partial charge in [0.2, 0.25) is 17.7 Å². The molecule has 0 radical (unpaired) electrons. The Labute approximate surface area is 201 Å². The van der Waals surface area contributed by atoms with Crippen LogP contribution in [0, 0.1) is 0 Å². The van der Waals surface area contributed by atoms with Crippen molar-refractivity contribution in [2.75, 3.05) is 13.2 Å². The number of nitrogens with zero attached hydrogens (tertiary/aromatic N) is 1. The molecule has 0 fully saturated rings. The summed E-state index contributed by atoms with van der Waals surface area (Å²) < 4.78 is 0. The minimum atomic E-state index is -1.47. The Hall–Kier alpha value is -3.56. The van der Waals surface area contributed by atoms with Gasteiger partial charge in [0.05, 0.1) is 19.0 Å². The number of aromatic amines is 1. The third-order valence-corrected chi connectivity index (χ3v) is 4.99. The summed E-state index contributed by atoms with van der Waals surface area (Å²) in [6.07, 6.45) is 3.23. The number of nitrogens with one attached hydrogen (secondary N) is 4. The number of imidazole rings is 1. The maximum Gasteiger partial charge on any atom is 0.326 e. The molecule has 0 aliphatic carbocycles. The predicted molar refractivity (Wildman–Crippen MR) is 121 cm³/mol. The van der Waals surface area contributed by atoms with E-state index >= 15 is 0 Å². The highest BCUT2D eigenvalue weighted by Crippen LogP contribution is 2.04. The molecule has 4 atom stereocenters. The van der Waals surface area contributed by atoms with Gasteiger partial charge in [-0.2, -0.15) is 0 Å². The quantitative estimate of drug-likeness (QED) is 0.0963. The van der Waals surface area contributed by atoms with Gasteiger partial charge in [0.15, 0.2) is 0 Å². The van der Waals surface area contributed by atoms with Crippen LogP contribution in [0.2, 0.25) is 0 Å². The minimum Gasteiger partial charge on any atom is -0.481 e. The van der Waals surface area contributed by atoms with Gasteiger partial charge in [-0.1, -0.05) is 6.42 Å². The topological polar surface area (TPSA) is 263 Å². The Morgan fingerprint density at radius 1 is 0.943 bits per heavy atom. The van der Waals surface area contributed by atoms with E-state index in [9.17, 15) is 34.2 Å². The van der Waals surface area contributed by atoms with Gasteiger partial charge >= 0.3 is 11.9 Å². The van der Waals surface area contributed by atoms with E-state index in [1.54, 1.807) is 0 Å². The molecule has 0 aliphatic rings. The first-order chi connectivity index (χ1) is 16.6. The zero-order chi connectivity index (χ0) is 26.4. The lowest BCUT2D eigenvalue weighted by Gasteiger charge is -2.24. The molecule has 0 spiro atoms. The van der Waals surface area contributed by atoms with Crippen LogP contribution in [0.1, 0.15) is 37.8 Å². The molecule has 0 saturated carbocycles. The Kier molecular flexibility index (Phi) is 12.9. The van der Waals surface area contributed by atoms with Crippen LogP contribution in [0.25, 0.3) is 0 Å². The van der Waals surface area contributed by atoms with E-state index in [0.717, 1.165) is 0 Å². The third kappa shape index (κ3) is 10.9. The molecule has 196 valence electrons. The molecule has 15 heteroatoms. The van der Waals surface area contributed by atoms with Gasteiger partial charge in [-0.15, -0.1) is 0 Å². The molecule has 0 saturated heterocycles. The lowest BCUT2D eigenvalue weighted by molar-refractivity contribution is -0.143. The van der Waals surface area contributed by atoms with E-state index in [1.807, 2.05) is 0 Å². The molecule has 3 amide bonds. The number of H-pyrrole nitrogens is 1. The number of carboxylic acids is 2. The molecule has 4 unspecified atom stereocenters. The van der Waals surface area contributed by atoms with Crippen LogP contribution >= 0.6 is 0 Å². The average molecular weight is 500 g/mol. The predicted octanol–water partition coefficient (Wildman–Crippen LogP) is -3.20. The van der Waals surface area contributed by atoms with E-state index < -0.39 is 66.9 Å². The lowest BCUT2D eigenvalue weighted by Crippen LogP contribution is -2.58. The molecular weight excluding hydrogens is 466 g/mol. The normalized spacial score (nSPS) is 14.3. The summed E-state index contributed by atoms with van der Waals surface area (Å²) in [5, 5.41) is 34.8. The van der Waals surface area contributed by atoms with Crippen LogP contribution in [0.15, 0.2) is 12.5 Å². The number of hydrogen-bond acceptors (Lipinski definition) is 9. The SMILES string of the molecule is NCCCCC(N)C(=O)NC(CO)C(=O)NC(CCC(=O)O)C(=O)NC(Cc1cnc[nH]1)C(=O)O. The largest absolute Gasteiger partial charge is 0.481 e. The number of aliphatic hydroxyl groups is 1. The zero-order valence-electron chi connectivity index (χ0n) is 19.1. The standard InChI is InChI=1S/C20H33N7O8/c21-6-2-1-3-12(22)17(31)27-15(9-28)19(33)25-13(4-5-16(29)30)18(32)26-14(20(34)35)7-11-8-23-10-24-11/h8,10,12-15,28H,1-7,9,21-22H2,(H,23,24)(H,25,33)(H,26,32)(H,27,31)(H,29,30)(H,34,35). The first-order valence-electron chi connectivity index (χ1n) is 11.0. The number of rotatable bonds is 17. The van der Waals surface area contributed by atoms with Crippen molar-refractivity contribution in [3.8, 4) is 0 Å².